The van der Waals surface area contributed by atoms with Crippen LogP contribution in [0.5, 0.6) is 0 Å². The van der Waals surface area contributed by atoms with Crippen molar-refractivity contribution in [2.45, 2.75) is 0 Å². The van der Waals surface area contributed by atoms with Crippen molar-refractivity contribution in [3.63, 3.8) is 0 Å². The number of amides is 2. The lowest BCUT2D eigenvalue weighted by molar-refractivity contribution is -0.384. The lowest BCUT2D eigenvalue weighted by Gasteiger charge is -2.11. The minimum atomic E-state index is -0.597. The summed E-state index contributed by atoms with van der Waals surface area (Å²) in [5.74, 6) is -0.954. The van der Waals surface area contributed by atoms with Crippen LogP contribution in [0.1, 0.15) is 15.9 Å². The Hall–Kier alpha value is -4.04. The minimum absolute atomic E-state index is 0.114. The third-order valence-electron chi connectivity index (χ3n) is 4.87. The average Bonchev–Trinajstić information content (AvgIpc) is 3.07. The van der Waals surface area contributed by atoms with E-state index in [-0.39, 0.29) is 22.9 Å². The first-order valence-corrected chi connectivity index (χ1v) is 10.4. The van der Waals surface area contributed by atoms with Gasteiger partial charge < -0.3 is 0 Å². The molecule has 0 aromatic heterocycles. The first-order chi connectivity index (χ1) is 15.4. The van der Waals surface area contributed by atoms with Gasteiger partial charge in [0.2, 0.25) is 0 Å². The molecule has 1 aliphatic heterocycles. The highest BCUT2D eigenvalue weighted by Gasteiger charge is 2.36. The monoisotopic (exact) mass is 444 g/mol. The predicted octanol–water partition coefficient (Wildman–Crippen LogP) is 5.18. The van der Waals surface area contributed by atoms with Crippen molar-refractivity contribution < 1.29 is 19.3 Å². The lowest BCUT2D eigenvalue weighted by atomic mass is 10.0. The van der Waals surface area contributed by atoms with E-state index in [1.54, 1.807) is 18.2 Å². The van der Waals surface area contributed by atoms with E-state index >= 15 is 0 Å². The molecule has 0 bridgehead atoms. The molecule has 0 N–H and O–H groups in total. The summed E-state index contributed by atoms with van der Waals surface area (Å²) in [6, 6.07) is 22.4. The molecule has 1 aliphatic rings. The molecule has 0 atom stereocenters. The number of nitro groups is 1. The van der Waals surface area contributed by atoms with Crippen molar-refractivity contribution in [3.05, 3.63) is 105 Å². The van der Waals surface area contributed by atoms with E-state index in [2.05, 4.69) is 0 Å². The van der Waals surface area contributed by atoms with E-state index in [4.69, 9.17) is 0 Å². The van der Waals surface area contributed by atoms with Crippen molar-refractivity contribution in [1.29, 1.82) is 0 Å². The normalized spacial score (nSPS) is 14.8. The molecule has 3 aromatic rings. The molecule has 2 amide bonds. The first kappa shape index (κ1) is 21.2. The molecular formula is C24H16N2O5S. The van der Waals surface area contributed by atoms with E-state index in [0.717, 1.165) is 16.0 Å². The van der Waals surface area contributed by atoms with Crippen molar-refractivity contribution in [2.24, 2.45) is 0 Å². The number of nitrogens with zero attached hydrogens (tertiary/aromatic N) is 2. The Morgan fingerprint density at radius 3 is 2.31 bits per heavy atom. The highest BCUT2D eigenvalue weighted by atomic mass is 32.2. The van der Waals surface area contributed by atoms with Crippen LogP contribution in [0.25, 0.3) is 17.2 Å². The standard InChI is InChI=1S/C24H16N2O5S/c27-21(19-11-9-18(10-12-19)17-6-2-1-3-7-17)15-25-23(28)22(32-24(25)29)14-16-5-4-8-20(13-16)26(30)31/h1-14H,15H2. The summed E-state index contributed by atoms with van der Waals surface area (Å²) in [6.45, 7) is -0.373. The number of hydrogen-bond acceptors (Lipinski definition) is 6. The zero-order valence-electron chi connectivity index (χ0n) is 16.6. The summed E-state index contributed by atoms with van der Waals surface area (Å²) >= 11 is 0.704. The van der Waals surface area contributed by atoms with E-state index in [1.807, 2.05) is 42.5 Å². The molecule has 0 unspecified atom stereocenters. The second-order valence-corrected chi connectivity index (χ2v) is 7.98. The molecule has 3 aromatic carbocycles. The van der Waals surface area contributed by atoms with Crippen LogP contribution in [-0.4, -0.2) is 33.3 Å². The van der Waals surface area contributed by atoms with Gasteiger partial charge in [-0.05, 0) is 34.5 Å². The van der Waals surface area contributed by atoms with Gasteiger partial charge in [-0.2, -0.15) is 0 Å². The molecule has 0 radical (unpaired) electrons. The number of hydrogen-bond donors (Lipinski definition) is 0. The maximum absolute atomic E-state index is 12.7. The Balaban J connectivity index is 1.48. The Morgan fingerprint density at radius 2 is 1.62 bits per heavy atom. The van der Waals surface area contributed by atoms with E-state index < -0.39 is 16.1 Å². The van der Waals surface area contributed by atoms with Crippen molar-refractivity contribution in [2.75, 3.05) is 6.54 Å². The summed E-state index contributed by atoms with van der Waals surface area (Å²) in [5, 5.41) is 10.4. The van der Waals surface area contributed by atoms with Crippen LogP contribution in [0, 0.1) is 10.1 Å². The van der Waals surface area contributed by atoms with Crippen LogP contribution in [0.3, 0.4) is 0 Å². The van der Waals surface area contributed by atoms with E-state index in [9.17, 15) is 24.5 Å². The van der Waals surface area contributed by atoms with Gasteiger partial charge in [0, 0.05) is 17.7 Å². The number of carbonyl (C=O) groups excluding carboxylic acids is 3. The second kappa shape index (κ2) is 8.99. The van der Waals surface area contributed by atoms with E-state index in [0.29, 0.717) is 22.9 Å². The molecule has 1 heterocycles. The predicted molar refractivity (Wildman–Crippen MR) is 122 cm³/mol. The Kier molecular flexibility index (Phi) is 5.96. The lowest BCUT2D eigenvalue weighted by Crippen LogP contribution is -2.33. The smallest absolute Gasteiger partial charge is 0.292 e. The molecule has 0 saturated carbocycles. The summed E-state index contributed by atoms with van der Waals surface area (Å²) in [7, 11) is 0. The average molecular weight is 444 g/mol. The molecule has 1 saturated heterocycles. The molecular weight excluding hydrogens is 428 g/mol. The van der Waals surface area contributed by atoms with Crippen LogP contribution in [0.15, 0.2) is 83.8 Å². The molecule has 7 nitrogen and oxygen atoms in total. The molecule has 8 heteroatoms. The fourth-order valence-electron chi connectivity index (χ4n) is 3.23. The van der Waals surface area contributed by atoms with Gasteiger partial charge in [-0.15, -0.1) is 0 Å². The van der Waals surface area contributed by atoms with E-state index in [1.165, 1.54) is 24.3 Å². The zero-order chi connectivity index (χ0) is 22.7. The van der Waals surface area contributed by atoms with Gasteiger partial charge >= 0.3 is 0 Å². The summed E-state index contributed by atoms with van der Waals surface area (Å²) in [5.41, 5.74) is 2.67. The van der Waals surface area contributed by atoms with Crippen LogP contribution >= 0.6 is 11.8 Å². The van der Waals surface area contributed by atoms with Gasteiger partial charge in [0.1, 0.15) is 0 Å². The Labute approximate surface area is 187 Å². The van der Waals surface area contributed by atoms with Gasteiger partial charge in [0.15, 0.2) is 5.78 Å². The number of non-ortho nitro benzene ring substituents is 1. The summed E-state index contributed by atoms with van der Waals surface area (Å²) < 4.78 is 0. The number of nitro benzene ring substituents is 1. The fraction of sp³-hybridized carbons (Fsp3) is 0.0417. The molecule has 0 spiro atoms. The van der Waals surface area contributed by atoms with Gasteiger partial charge in [-0.3, -0.25) is 29.4 Å². The number of ketones is 1. The third kappa shape index (κ3) is 4.50. The highest BCUT2D eigenvalue weighted by molar-refractivity contribution is 8.18. The Morgan fingerprint density at radius 1 is 0.938 bits per heavy atom. The zero-order valence-corrected chi connectivity index (χ0v) is 17.5. The molecule has 1 fully saturated rings. The maximum Gasteiger partial charge on any atom is 0.293 e. The number of imide groups is 1. The number of benzene rings is 3. The van der Waals surface area contributed by atoms with Crippen molar-refractivity contribution in [3.8, 4) is 11.1 Å². The van der Waals surface area contributed by atoms with Crippen molar-refractivity contribution in [1.82, 2.24) is 4.90 Å². The molecule has 158 valence electrons. The van der Waals surface area contributed by atoms with Crippen LogP contribution in [-0.2, 0) is 4.79 Å². The number of thioether (sulfide) groups is 1. The molecule has 32 heavy (non-hydrogen) atoms. The topological polar surface area (TPSA) is 97.6 Å². The van der Waals surface area contributed by atoms with Gasteiger partial charge in [0.25, 0.3) is 16.8 Å². The van der Waals surface area contributed by atoms with Crippen molar-refractivity contribution >= 4 is 40.5 Å². The second-order valence-electron chi connectivity index (χ2n) is 6.99. The SMILES string of the molecule is O=C(CN1C(=O)SC(=Cc2cccc([N+](=O)[O-])c2)C1=O)c1ccc(-c2ccccc2)cc1. The largest absolute Gasteiger partial charge is 0.293 e. The number of rotatable bonds is 6. The van der Waals surface area contributed by atoms with Crippen LogP contribution in [0.4, 0.5) is 10.5 Å². The maximum atomic E-state index is 12.7. The fourth-order valence-corrected chi connectivity index (χ4v) is 4.07. The number of carbonyl (C=O) groups is 3. The summed E-state index contributed by atoms with van der Waals surface area (Å²) in [4.78, 5) is 49.1. The summed E-state index contributed by atoms with van der Waals surface area (Å²) in [6.07, 6.45) is 1.41. The number of Topliss-reactive ketones (excluding diaryl/α,β-unsaturated/α-hetero) is 1. The third-order valence-corrected chi connectivity index (χ3v) is 5.78. The highest BCUT2D eigenvalue weighted by Crippen LogP contribution is 2.33. The minimum Gasteiger partial charge on any atom is -0.292 e. The van der Waals surface area contributed by atoms with Crippen LogP contribution < -0.4 is 0 Å². The molecule has 4 rings (SSSR count). The van der Waals surface area contributed by atoms with Crippen LogP contribution in [0.2, 0.25) is 0 Å². The first-order valence-electron chi connectivity index (χ1n) is 9.61. The van der Waals surface area contributed by atoms with Gasteiger partial charge in [-0.25, -0.2) is 0 Å². The molecule has 0 aliphatic carbocycles. The Bertz CT molecular complexity index is 1250. The van der Waals surface area contributed by atoms with Gasteiger partial charge in [0.05, 0.1) is 16.4 Å². The quantitative estimate of drug-likeness (QED) is 0.225. The van der Waals surface area contributed by atoms with Gasteiger partial charge in [-0.1, -0.05) is 66.7 Å².